The van der Waals surface area contributed by atoms with Crippen LogP contribution in [0.5, 0.6) is 0 Å². The molecule has 2 unspecified atom stereocenters. The van der Waals surface area contributed by atoms with Crippen LogP contribution in [0.15, 0.2) is 78.9 Å². The lowest BCUT2D eigenvalue weighted by Gasteiger charge is -2.27. The van der Waals surface area contributed by atoms with Gasteiger partial charge in [0.1, 0.15) is 5.92 Å². The highest BCUT2D eigenvalue weighted by molar-refractivity contribution is 6.49. The summed E-state index contributed by atoms with van der Waals surface area (Å²) in [6.45, 7) is 1.85. The number of hydrogen-bond acceptors (Lipinski definition) is 7. The molecule has 1 amide bonds. The van der Waals surface area contributed by atoms with Crippen molar-refractivity contribution in [2.24, 2.45) is 5.92 Å². The van der Waals surface area contributed by atoms with Crippen LogP contribution in [0.3, 0.4) is 0 Å². The molecule has 3 aromatic rings. The molecular formula is C26H20N2O7. The lowest BCUT2D eigenvalue weighted by Crippen LogP contribution is -2.31. The van der Waals surface area contributed by atoms with E-state index in [1.54, 1.807) is 31.2 Å². The molecule has 0 N–H and O–H groups in total. The SMILES string of the molecule is CCOC(=O)c1ccc(N2C(=O)C(=O)C(C(=O)c3ccccc3)C2c2ccccc2[N+](=O)[O-])cc1. The highest BCUT2D eigenvalue weighted by atomic mass is 16.6. The van der Waals surface area contributed by atoms with Gasteiger partial charge in [0.15, 0.2) is 5.78 Å². The lowest BCUT2D eigenvalue weighted by molar-refractivity contribution is -0.385. The van der Waals surface area contributed by atoms with E-state index in [-0.39, 0.29) is 34.7 Å². The van der Waals surface area contributed by atoms with Gasteiger partial charge in [-0.25, -0.2) is 4.79 Å². The maximum absolute atomic E-state index is 13.4. The molecular weight excluding hydrogens is 452 g/mol. The van der Waals surface area contributed by atoms with E-state index in [4.69, 9.17) is 4.74 Å². The molecule has 0 bridgehead atoms. The van der Waals surface area contributed by atoms with Crippen LogP contribution in [0.25, 0.3) is 0 Å². The van der Waals surface area contributed by atoms with Crippen LogP contribution in [0.4, 0.5) is 11.4 Å². The highest BCUT2D eigenvalue weighted by Gasteiger charge is 2.53. The van der Waals surface area contributed by atoms with Crippen molar-refractivity contribution in [2.75, 3.05) is 11.5 Å². The Hall–Kier alpha value is -4.66. The van der Waals surface area contributed by atoms with Crippen molar-refractivity contribution in [3.8, 4) is 0 Å². The molecule has 1 aliphatic rings. The Morgan fingerprint density at radius 3 is 2.17 bits per heavy atom. The van der Waals surface area contributed by atoms with Gasteiger partial charge in [-0.15, -0.1) is 0 Å². The smallest absolute Gasteiger partial charge is 0.338 e. The Morgan fingerprint density at radius 1 is 0.914 bits per heavy atom. The third-order valence-electron chi connectivity index (χ3n) is 5.76. The van der Waals surface area contributed by atoms with Crippen molar-refractivity contribution >= 4 is 34.8 Å². The Bertz CT molecular complexity index is 1320. The number of benzene rings is 3. The van der Waals surface area contributed by atoms with Crippen LogP contribution in [0.2, 0.25) is 0 Å². The predicted molar refractivity (Wildman–Crippen MR) is 125 cm³/mol. The van der Waals surface area contributed by atoms with E-state index >= 15 is 0 Å². The number of carbonyl (C=O) groups is 4. The van der Waals surface area contributed by atoms with Gasteiger partial charge in [0, 0.05) is 17.3 Å². The number of hydrogen-bond donors (Lipinski definition) is 0. The summed E-state index contributed by atoms with van der Waals surface area (Å²) in [5.41, 5.74) is 0.386. The first kappa shape index (κ1) is 23.5. The molecule has 0 saturated carbocycles. The summed E-state index contributed by atoms with van der Waals surface area (Å²) < 4.78 is 4.97. The molecule has 1 heterocycles. The van der Waals surface area contributed by atoms with E-state index < -0.39 is 40.3 Å². The molecule has 1 aliphatic heterocycles. The number of rotatable bonds is 7. The largest absolute Gasteiger partial charge is 0.462 e. The van der Waals surface area contributed by atoms with Gasteiger partial charge in [-0.2, -0.15) is 0 Å². The molecule has 35 heavy (non-hydrogen) atoms. The fraction of sp³-hybridized carbons (Fsp3) is 0.154. The number of Topliss-reactive ketones (excluding diaryl/α,β-unsaturated/α-hetero) is 2. The molecule has 9 nitrogen and oxygen atoms in total. The van der Waals surface area contributed by atoms with Gasteiger partial charge in [-0.05, 0) is 31.2 Å². The molecule has 1 saturated heterocycles. The van der Waals surface area contributed by atoms with Gasteiger partial charge < -0.3 is 4.74 Å². The molecule has 176 valence electrons. The van der Waals surface area contributed by atoms with E-state index in [1.807, 2.05) is 0 Å². The molecule has 9 heteroatoms. The van der Waals surface area contributed by atoms with Crippen LogP contribution in [0, 0.1) is 16.0 Å². The van der Waals surface area contributed by atoms with Crippen LogP contribution in [-0.4, -0.2) is 35.0 Å². The van der Waals surface area contributed by atoms with Crippen LogP contribution in [0.1, 0.15) is 39.2 Å². The topological polar surface area (TPSA) is 124 Å². The first-order valence-corrected chi connectivity index (χ1v) is 10.8. The molecule has 0 aromatic heterocycles. The molecule has 3 aromatic carbocycles. The van der Waals surface area contributed by atoms with Gasteiger partial charge in [-0.3, -0.25) is 29.4 Å². The zero-order valence-corrected chi connectivity index (χ0v) is 18.6. The number of nitrogens with zero attached hydrogens (tertiary/aromatic N) is 2. The quantitative estimate of drug-likeness (QED) is 0.127. The minimum Gasteiger partial charge on any atom is -0.462 e. The van der Waals surface area contributed by atoms with Crippen LogP contribution < -0.4 is 4.90 Å². The maximum Gasteiger partial charge on any atom is 0.338 e. The van der Waals surface area contributed by atoms with E-state index in [0.717, 1.165) is 4.90 Å². The lowest BCUT2D eigenvalue weighted by atomic mass is 9.85. The number of anilines is 1. The van der Waals surface area contributed by atoms with E-state index in [0.29, 0.717) is 0 Å². The van der Waals surface area contributed by atoms with Crippen molar-refractivity contribution in [1.29, 1.82) is 0 Å². The highest BCUT2D eigenvalue weighted by Crippen LogP contribution is 2.44. The third-order valence-corrected chi connectivity index (χ3v) is 5.76. The summed E-state index contributed by atoms with van der Waals surface area (Å²) in [7, 11) is 0. The predicted octanol–water partition coefficient (Wildman–Crippen LogP) is 3.93. The molecule has 4 rings (SSSR count). The standard InChI is InChI=1S/C26H20N2O7/c1-2-35-26(32)17-12-14-18(15-13-17)27-22(19-10-6-7-11-20(19)28(33)34)21(24(30)25(27)31)23(29)16-8-4-3-5-9-16/h3-15,21-22H,2H2,1H3. The van der Waals surface area contributed by atoms with Crippen molar-refractivity contribution in [1.82, 2.24) is 0 Å². The van der Waals surface area contributed by atoms with E-state index in [9.17, 15) is 29.3 Å². The van der Waals surface area contributed by atoms with E-state index in [2.05, 4.69) is 0 Å². The summed E-state index contributed by atoms with van der Waals surface area (Å²) in [6.07, 6.45) is 0. The van der Waals surface area contributed by atoms with E-state index in [1.165, 1.54) is 54.6 Å². The number of ketones is 2. The Kier molecular flexibility index (Phi) is 6.50. The zero-order valence-electron chi connectivity index (χ0n) is 18.6. The van der Waals surface area contributed by atoms with Crippen LogP contribution >= 0.6 is 0 Å². The number of carbonyl (C=O) groups excluding carboxylic acids is 4. The fourth-order valence-electron chi connectivity index (χ4n) is 4.19. The van der Waals surface area contributed by atoms with Crippen molar-refractivity contribution in [3.63, 3.8) is 0 Å². The summed E-state index contributed by atoms with van der Waals surface area (Å²) in [6, 6.07) is 18.2. The number of esters is 1. The monoisotopic (exact) mass is 472 g/mol. The molecule has 1 fully saturated rings. The average molecular weight is 472 g/mol. The summed E-state index contributed by atoms with van der Waals surface area (Å²) >= 11 is 0. The minimum atomic E-state index is -1.49. The average Bonchev–Trinajstić information content (AvgIpc) is 3.14. The zero-order chi connectivity index (χ0) is 25.1. The second kappa shape index (κ2) is 9.68. The first-order valence-electron chi connectivity index (χ1n) is 10.8. The summed E-state index contributed by atoms with van der Waals surface area (Å²) in [5, 5.41) is 11.8. The summed E-state index contributed by atoms with van der Waals surface area (Å²) in [4.78, 5) is 64.1. The van der Waals surface area contributed by atoms with Crippen LogP contribution in [-0.2, 0) is 14.3 Å². The van der Waals surface area contributed by atoms with Gasteiger partial charge in [-0.1, -0.05) is 48.5 Å². The Morgan fingerprint density at radius 2 is 1.54 bits per heavy atom. The number of nitro benzene ring substituents is 1. The summed E-state index contributed by atoms with van der Waals surface area (Å²) in [5.74, 6) is -4.59. The Labute approximate surface area is 200 Å². The minimum absolute atomic E-state index is 0.0560. The second-order valence-corrected chi connectivity index (χ2v) is 7.78. The number of amides is 1. The normalized spacial score (nSPS) is 17.3. The van der Waals surface area contributed by atoms with Crippen molar-refractivity contribution in [2.45, 2.75) is 13.0 Å². The second-order valence-electron chi connectivity index (χ2n) is 7.78. The fourth-order valence-corrected chi connectivity index (χ4v) is 4.19. The first-order chi connectivity index (χ1) is 16.8. The van der Waals surface area contributed by atoms with Gasteiger partial charge in [0.25, 0.3) is 11.6 Å². The number of nitro groups is 1. The molecule has 0 aliphatic carbocycles. The third kappa shape index (κ3) is 4.31. The van der Waals surface area contributed by atoms with Crippen molar-refractivity contribution in [3.05, 3.63) is 106 Å². The number of para-hydroxylation sites is 1. The Balaban J connectivity index is 1.86. The van der Waals surface area contributed by atoms with Crippen molar-refractivity contribution < 1.29 is 28.8 Å². The maximum atomic E-state index is 13.4. The molecule has 0 spiro atoms. The van der Waals surface area contributed by atoms with Gasteiger partial charge in [0.2, 0.25) is 5.78 Å². The number of ether oxygens (including phenoxy) is 1. The van der Waals surface area contributed by atoms with Gasteiger partial charge >= 0.3 is 5.97 Å². The molecule has 0 radical (unpaired) electrons. The van der Waals surface area contributed by atoms with Gasteiger partial charge in [0.05, 0.1) is 28.7 Å². The molecule has 2 atom stereocenters.